The van der Waals surface area contributed by atoms with Crippen LogP contribution in [0.3, 0.4) is 0 Å². The number of rotatable bonds is 2. The van der Waals surface area contributed by atoms with E-state index in [0.29, 0.717) is 16.6 Å². The van der Waals surface area contributed by atoms with Crippen LogP contribution >= 0.6 is 23.2 Å². The molecule has 11 heavy (non-hydrogen) atoms. The summed E-state index contributed by atoms with van der Waals surface area (Å²) in [5.74, 6) is 0. The monoisotopic (exact) mass is 188 g/mol. The third-order valence-electron chi connectivity index (χ3n) is 1.33. The normalized spacial score (nSPS) is 10.1. The molecule has 59 valence electrons. The second-order valence-electron chi connectivity index (χ2n) is 2.16. The summed E-state index contributed by atoms with van der Waals surface area (Å²) in [6, 6.07) is 5.40. The third kappa shape index (κ3) is 2.37. The Kier molecular flexibility index (Phi) is 3.18. The van der Waals surface area contributed by atoms with E-state index in [-0.39, 0.29) is 0 Å². The van der Waals surface area contributed by atoms with E-state index in [2.05, 4.69) is 12.4 Å². The minimum atomic E-state index is 0.655. The topological polar surface area (TPSA) is 15.6 Å². The van der Waals surface area contributed by atoms with Crippen LogP contribution in [0.2, 0.25) is 10.0 Å². The molecule has 1 aromatic rings. The Balaban J connectivity index is 2.90. The first-order valence-electron chi connectivity index (χ1n) is 3.18. The molecule has 1 rings (SSSR count). The smallest absolute Gasteiger partial charge is 0.120 e. The van der Waals surface area contributed by atoms with Crippen LogP contribution in [0.15, 0.2) is 18.2 Å². The van der Waals surface area contributed by atoms with Gasteiger partial charge in [0, 0.05) is 10.6 Å². The molecule has 0 saturated heterocycles. The molecule has 1 aromatic carbocycles. The predicted molar refractivity (Wildman–Crippen MR) is 46.5 cm³/mol. The quantitative estimate of drug-likeness (QED) is 0.680. The molecule has 0 spiro atoms. The maximum absolute atomic E-state index is 5.86. The van der Waals surface area contributed by atoms with Gasteiger partial charge in [-0.15, -0.1) is 7.05 Å². The van der Waals surface area contributed by atoms with Gasteiger partial charge in [-0.3, -0.25) is 0 Å². The number of benzene rings is 1. The van der Waals surface area contributed by atoms with Gasteiger partial charge >= 0.3 is 0 Å². The van der Waals surface area contributed by atoms with Gasteiger partial charge in [0.1, 0.15) is 6.54 Å². The molecule has 1 nitrogen and oxygen atoms in total. The molecule has 0 aliphatic rings. The molecular weight excluding hydrogens is 181 g/mol. The van der Waals surface area contributed by atoms with Crippen molar-refractivity contribution in [1.29, 1.82) is 0 Å². The molecule has 0 heterocycles. The number of nitrogens with one attached hydrogen (secondary N) is 1. The van der Waals surface area contributed by atoms with Crippen molar-refractivity contribution in [3.05, 3.63) is 40.9 Å². The summed E-state index contributed by atoms with van der Waals surface area (Å²) in [5.41, 5.74) is 1.01. The fourth-order valence-electron chi connectivity index (χ4n) is 0.800. The fourth-order valence-corrected chi connectivity index (χ4v) is 1.28. The van der Waals surface area contributed by atoms with Crippen molar-refractivity contribution >= 4 is 23.2 Å². The molecule has 1 N–H and O–H groups in total. The zero-order valence-corrected chi connectivity index (χ0v) is 7.41. The van der Waals surface area contributed by atoms with E-state index in [9.17, 15) is 0 Å². The van der Waals surface area contributed by atoms with Crippen molar-refractivity contribution in [2.45, 2.75) is 6.54 Å². The lowest BCUT2D eigenvalue weighted by atomic mass is 10.2. The van der Waals surface area contributed by atoms with Gasteiger partial charge in [-0.2, -0.15) is 0 Å². The van der Waals surface area contributed by atoms with Gasteiger partial charge in [-0.1, -0.05) is 29.3 Å². The van der Waals surface area contributed by atoms with Crippen LogP contribution in [0.1, 0.15) is 5.56 Å². The standard InChI is InChI=1S/C8H8Cl2N/c1-11-5-6-2-3-7(9)4-8(6)10/h2-4,11H,1,5H2. The zero-order valence-electron chi connectivity index (χ0n) is 5.90. The first-order chi connectivity index (χ1) is 5.24. The van der Waals surface area contributed by atoms with Crippen LogP contribution in [0.25, 0.3) is 0 Å². The summed E-state index contributed by atoms with van der Waals surface area (Å²) in [5, 5.41) is 4.10. The molecule has 0 unspecified atom stereocenters. The Morgan fingerprint density at radius 1 is 1.36 bits per heavy atom. The minimum absolute atomic E-state index is 0.655. The van der Waals surface area contributed by atoms with Gasteiger partial charge in [-0.05, 0) is 12.1 Å². The fraction of sp³-hybridized carbons (Fsp3) is 0.125. The Hall–Kier alpha value is -0.240. The molecule has 0 atom stereocenters. The van der Waals surface area contributed by atoms with Gasteiger partial charge in [-0.25, -0.2) is 0 Å². The Bertz CT molecular complexity index is 248. The summed E-state index contributed by atoms with van der Waals surface area (Å²) >= 11 is 11.6. The molecule has 0 aromatic heterocycles. The Morgan fingerprint density at radius 2 is 2.09 bits per heavy atom. The van der Waals surface area contributed by atoms with Crippen molar-refractivity contribution in [2.75, 3.05) is 0 Å². The molecular formula is C8H8Cl2N. The molecule has 0 fully saturated rings. The van der Waals surface area contributed by atoms with E-state index >= 15 is 0 Å². The van der Waals surface area contributed by atoms with E-state index < -0.39 is 0 Å². The highest BCUT2D eigenvalue weighted by Gasteiger charge is 2.00. The molecule has 0 bridgehead atoms. The number of halogens is 2. The lowest BCUT2D eigenvalue weighted by molar-refractivity contribution is -0.612. The number of hydrogen-bond donors (Lipinski definition) is 1. The van der Waals surface area contributed by atoms with Crippen molar-refractivity contribution in [1.82, 2.24) is 0 Å². The lowest BCUT2D eigenvalue weighted by Gasteiger charge is -2.00. The van der Waals surface area contributed by atoms with Gasteiger partial charge < -0.3 is 5.32 Å². The van der Waals surface area contributed by atoms with E-state index in [1.54, 1.807) is 12.1 Å². The third-order valence-corrected chi connectivity index (χ3v) is 1.92. The largest absolute Gasteiger partial charge is 0.331 e. The highest BCUT2D eigenvalue weighted by atomic mass is 35.5. The van der Waals surface area contributed by atoms with Gasteiger partial charge in [0.15, 0.2) is 0 Å². The molecule has 0 amide bonds. The van der Waals surface area contributed by atoms with Gasteiger partial charge in [0.05, 0.1) is 5.02 Å². The Morgan fingerprint density at radius 3 is 2.64 bits per heavy atom. The minimum Gasteiger partial charge on any atom is -0.331 e. The maximum Gasteiger partial charge on any atom is 0.120 e. The zero-order chi connectivity index (χ0) is 8.27. The van der Waals surface area contributed by atoms with E-state index in [1.165, 1.54) is 0 Å². The van der Waals surface area contributed by atoms with E-state index in [0.717, 1.165) is 5.56 Å². The summed E-state index contributed by atoms with van der Waals surface area (Å²) in [6.45, 7) is 0.663. The highest BCUT2D eigenvalue weighted by molar-refractivity contribution is 6.35. The predicted octanol–water partition coefficient (Wildman–Crippen LogP) is 1.63. The second kappa shape index (κ2) is 3.96. The summed E-state index contributed by atoms with van der Waals surface area (Å²) in [6.07, 6.45) is 0. The molecule has 3 heteroatoms. The average Bonchev–Trinajstić information content (AvgIpc) is 1.95. The maximum atomic E-state index is 5.86. The van der Waals surface area contributed by atoms with Gasteiger partial charge in [0.2, 0.25) is 0 Å². The van der Waals surface area contributed by atoms with Crippen LogP contribution in [-0.4, -0.2) is 0 Å². The molecule has 1 radical (unpaired) electrons. The van der Waals surface area contributed by atoms with Gasteiger partial charge in [0.25, 0.3) is 0 Å². The molecule has 0 saturated carbocycles. The summed E-state index contributed by atoms with van der Waals surface area (Å²) in [4.78, 5) is 0. The summed E-state index contributed by atoms with van der Waals surface area (Å²) in [7, 11) is 3.50. The van der Waals surface area contributed by atoms with Crippen molar-refractivity contribution < 1.29 is 5.32 Å². The first kappa shape index (κ1) is 8.85. The van der Waals surface area contributed by atoms with Crippen molar-refractivity contribution in [3.63, 3.8) is 0 Å². The summed E-state index contributed by atoms with van der Waals surface area (Å²) < 4.78 is 0. The van der Waals surface area contributed by atoms with Crippen molar-refractivity contribution in [3.8, 4) is 0 Å². The van der Waals surface area contributed by atoms with Crippen LogP contribution in [0, 0.1) is 7.05 Å². The molecule has 0 aliphatic carbocycles. The SMILES string of the molecule is [CH2-][NH+]Cc1ccc(Cl)cc1Cl. The van der Waals surface area contributed by atoms with Crippen LogP contribution in [-0.2, 0) is 6.54 Å². The average molecular weight is 189 g/mol. The molecule has 0 aliphatic heterocycles. The Labute approximate surface area is 76.3 Å². The van der Waals surface area contributed by atoms with E-state index in [4.69, 9.17) is 23.2 Å². The lowest BCUT2D eigenvalue weighted by Crippen LogP contribution is -2.74. The van der Waals surface area contributed by atoms with Crippen LogP contribution < -0.4 is 5.32 Å². The van der Waals surface area contributed by atoms with Crippen LogP contribution in [0.5, 0.6) is 0 Å². The first-order valence-corrected chi connectivity index (χ1v) is 3.93. The van der Waals surface area contributed by atoms with Crippen LogP contribution in [0.4, 0.5) is 0 Å². The van der Waals surface area contributed by atoms with E-state index in [1.807, 2.05) is 6.07 Å². The second-order valence-corrected chi connectivity index (χ2v) is 3.01. The highest BCUT2D eigenvalue weighted by Crippen LogP contribution is 2.19. The number of hydrogen-bond acceptors (Lipinski definition) is 1. The van der Waals surface area contributed by atoms with Crippen molar-refractivity contribution in [2.24, 2.45) is 0 Å².